The van der Waals surface area contributed by atoms with Crippen molar-refractivity contribution in [3.05, 3.63) is 0 Å². The summed E-state index contributed by atoms with van der Waals surface area (Å²) in [5.41, 5.74) is 0. The number of hydrogen-bond donors (Lipinski definition) is 2. The maximum atomic E-state index is 12.3. The molecule has 3 nitrogen and oxygen atoms in total. The zero-order valence-corrected chi connectivity index (χ0v) is 8.53. The molecule has 0 saturated heterocycles. The van der Waals surface area contributed by atoms with Gasteiger partial charge in [-0.25, -0.2) is 8.78 Å². The Morgan fingerprint density at radius 1 is 1.13 bits per heavy atom. The van der Waals surface area contributed by atoms with Gasteiger partial charge in [-0.1, -0.05) is 0 Å². The van der Waals surface area contributed by atoms with E-state index in [1.165, 1.54) is 0 Å². The van der Waals surface area contributed by atoms with Crippen molar-refractivity contribution in [2.24, 2.45) is 0 Å². The third-order valence-electron chi connectivity index (χ3n) is 1.64. The summed E-state index contributed by atoms with van der Waals surface area (Å²) in [6.07, 6.45) is -3.62. The van der Waals surface area contributed by atoms with Crippen molar-refractivity contribution >= 4 is 0 Å². The summed E-state index contributed by atoms with van der Waals surface area (Å²) in [6.45, 7) is 0.766. The second-order valence-corrected chi connectivity index (χ2v) is 2.98. The van der Waals surface area contributed by atoms with Gasteiger partial charge < -0.3 is 15.4 Å². The molecule has 2 N–H and O–H groups in total. The molecule has 0 unspecified atom stereocenters. The van der Waals surface area contributed by atoms with Crippen LogP contribution in [0.5, 0.6) is 0 Å². The fourth-order valence-electron chi connectivity index (χ4n) is 0.808. The molecular formula is C8H16F4N2O. The lowest BCUT2D eigenvalue weighted by molar-refractivity contribution is -0.125. The zero-order chi connectivity index (χ0) is 11.7. The van der Waals surface area contributed by atoms with E-state index >= 15 is 0 Å². The highest BCUT2D eigenvalue weighted by Gasteiger charge is 2.39. The molecule has 0 aliphatic carbocycles. The highest BCUT2D eigenvalue weighted by molar-refractivity contribution is 4.72. The Balaban J connectivity index is 3.31. The van der Waals surface area contributed by atoms with E-state index in [1.54, 1.807) is 7.11 Å². The largest absolute Gasteiger partial charge is 0.383 e. The van der Waals surface area contributed by atoms with Crippen LogP contribution in [-0.2, 0) is 4.74 Å². The third kappa shape index (κ3) is 7.52. The number of halogens is 4. The average molecular weight is 232 g/mol. The van der Waals surface area contributed by atoms with Gasteiger partial charge in [0, 0.05) is 26.7 Å². The first-order valence-electron chi connectivity index (χ1n) is 4.57. The molecule has 0 bridgehead atoms. The monoisotopic (exact) mass is 232 g/mol. The predicted molar refractivity (Wildman–Crippen MR) is 48.6 cm³/mol. The van der Waals surface area contributed by atoms with Gasteiger partial charge in [0.1, 0.15) is 0 Å². The summed E-state index contributed by atoms with van der Waals surface area (Å²) >= 11 is 0. The molecule has 15 heavy (non-hydrogen) atoms. The Hall–Kier alpha value is -0.400. The van der Waals surface area contributed by atoms with Gasteiger partial charge in [-0.2, -0.15) is 8.78 Å². The normalized spacial score (nSPS) is 12.4. The number of ether oxygens (including phenoxy) is 1. The van der Waals surface area contributed by atoms with E-state index < -0.39 is 18.9 Å². The van der Waals surface area contributed by atoms with Gasteiger partial charge in [0.25, 0.3) is 0 Å². The Labute approximate surface area is 86.2 Å². The first-order valence-corrected chi connectivity index (χ1v) is 4.57. The van der Waals surface area contributed by atoms with Crippen LogP contribution in [0, 0.1) is 0 Å². The third-order valence-corrected chi connectivity index (χ3v) is 1.64. The van der Waals surface area contributed by atoms with Crippen molar-refractivity contribution in [2.45, 2.75) is 12.3 Å². The number of alkyl halides is 4. The Morgan fingerprint density at radius 3 is 2.27 bits per heavy atom. The second-order valence-electron chi connectivity index (χ2n) is 2.98. The molecule has 0 spiro atoms. The van der Waals surface area contributed by atoms with Gasteiger partial charge >= 0.3 is 12.3 Å². The molecule has 0 saturated carbocycles. The minimum Gasteiger partial charge on any atom is -0.383 e. The first-order chi connectivity index (χ1) is 7.00. The summed E-state index contributed by atoms with van der Waals surface area (Å²) < 4.78 is 52.7. The highest BCUT2D eigenvalue weighted by Crippen LogP contribution is 2.21. The standard InChI is InChI=1S/C8H16F4N2O/c1-15-5-4-13-2-3-14-6-8(11,12)7(9)10/h7,13-14H,2-6H2,1H3. The smallest absolute Gasteiger partial charge is 0.319 e. The number of rotatable bonds is 9. The zero-order valence-electron chi connectivity index (χ0n) is 8.53. The molecule has 0 aromatic heterocycles. The van der Waals surface area contributed by atoms with E-state index in [1.807, 2.05) is 0 Å². The molecule has 0 aliphatic heterocycles. The van der Waals surface area contributed by atoms with E-state index in [4.69, 9.17) is 4.74 Å². The summed E-state index contributed by atoms with van der Waals surface area (Å²) in [4.78, 5) is 0. The van der Waals surface area contributed by atoms with Crippen molar-refractivity contribution in [3.8, 4) is 0 Å². The summed E-state index contributed by atoms with van der Waals surface area (Å²) in [5.74, 6) is -3.95. The van der Waals surface area contributed by atoms with E-state index in [-0.39, 0.29) is 6.54 Å². The molecule has 0 atom stereocenters. The molecule has 0 heterocycles. The minimum atomic E-state index is -3.95. The molecule has 0 amide bonds. The molecule has 7 heteroatoms. The van der Waals surface area contributed by atoms with E-state index in [9.17, 15) is 17.6 Å². The maximum absolute atomic E-state index is 12.3. The van der Waals surface area contributed by atoms with Crippen molar-refractivity contribution in [3.63, 3.8) is 0 Å². The molecule has 0 radical (unpaired) electrons. The fraction of sp³-hybridized carbons (Fsp3) is 1.00. The minimum absolute atomic E-state index is 0.214. The summed E-state index contributed by atoms with van der Waals surface area (Å²) in [6, 6.07) is 0. The van der Waals surface area contributed by atoms with Gasteiger partial charge in [0.2, 0.25) is 0 Å². The van der Waals surface area contributed by atoms with Crippen molar-refractivity contribution < 1.29 is 22.3 Å². The molecule has 0 aliphatic rings. The van der Waals surface area contributed by atoms with Crippen LogP contribution in [0.25, 0.3) is 0 Å². The van der Waals surface area contributed by atoms with E-state index in [0.29, 0.717) is 19.7 Å². The quantitative estimate of drug-likeness (QED) is 0.454. The molecule has 92 valence electrons. The van der Waals surface area contributed by atoms with Crippen LogP contribution in [0.1, 0.15) is 0 Å². The van der Waals surface area contributed by atoms with Crippen LogP contribution in [0.3, 0.4) is 0 Å². The molecule has 0 aromatic carbocycles. The van der Waals surface area contributed by atoms with Gasteiger partial charge in [-0.3, -0.25) is 0 Å². The molecule has 0 rings (SSSR count). The Kier molecular flexibility index (Phi) is 7.63. The van der Waals surface area contributed by atoms with Gasteiger partial charge in [0.15, 0.2) is 0 Å². The van der Waals surface area contributed by atoms with Crippen molar-refractivity contribution in [2.75, 3.05) is 39.9 Å². The van der Waals surface area contributed by atoms with Crippen LogP contribution in [-0.4, -0.2) is 52.2 Å². The lowest BCUT2D eigenvalue weighted by atomic mass is 10.3. The first kappa shape index (κ1) is 14.6. The Morgan fingerprint density at radius 2 is 1.73 bits per heavy atom. The Bertz CT molecular complexity index is 158. The van der Waals surface area contributed by atoms with Crippen LogP contribution >= 0.6 is 0 Å². The molecule has 0 aromatic rings. The second kappa shape index (κ2) is 7.84. The van der Waals surface area contributed by atoms with E-state index in [0.717, 1.165) is 0 Å². The topological polar surface area (TPSA) is 33.3 Å². The summed E-state index contributed by atoms with van der Waals surface area (Å²) in [5, 5.41) is 5.13. The van der Waals surface area contributed by atoms with Gasteiger partial charge in [0.05, 0.1) is 13.2 Å². The van der Waals surface area contributed by atoms with Crippen LogP contribution in [0.15, 0.2) is 0 Å². The highest BCUT2D eigenvalue weighted by atomic mass is 19.3. The number of methoxy groups -OCH3 is 1. The maximum Gasteiger partial charge on any atom is 0.319 e. The van der Waals surface area contributed by atoms with Gasteiger partial charge in [-0.05, 0) is 0 Å². The van der Waals surface area contributed by atoms with Crippen molar-refractivity contribution in [1.82, 2.24) is 10.6 Å². The lowest BCUT2D eigenvalue weighted by Gasteiger charge is -2.15. The van der Waals surface area contributed by atoms with Crippen LogP contribution in [0.2, 0.25) is 0 Å². The van der Waals surface area contributed by atoms with Crippen LogP contribution in [0.4, 0.5) is 17.6 Å². The molecular weight excluding hydrogens is 216 g/mol. The molecule has 0 fully saturated rings. The van der Waals surface area contributed by atoms with Crippen LogP contribution < -0.4 is 10.6 Å². The number of hydrogen-bond acceptors (Lipinski definition) is 3. The fourth-order valence-corrected chi connectivity index (χ4v) is 0.808. The summed E-state index contributed by atoms with van der Waals surface area (Å²) in [7, 11) is 1.54. The SMILES string of the molecule is COCCNCCNCC(F)(F)C(F)F. The average Bonchev–Trinajstić information content (AvgIpc) is 2.16. The lowest BCUT2D eigenvalue weighted by Crippen LogP contribution is -2.41. The predicted octanol–water partition coefficient (Wildman–Crippen LogP) is 0.712. The number of nitrogens with one attached hydrogen (secondary N) is 2. The van der Waals surface area contributed by atoms with E-state index in [2.05, 4.69) is 10.6 Å². The van der Waals surface area contributed by atoms with Crippen molar-refractivity contribution in [1.29, 1.82) is 0 Å². The van der Waals surface area contributed by atoms with Gasteiger partial charge in [-0.15, -0.1) is 0 Å².